The Bertz CT molecular complexity index is 389. The standard InChI is InChI=1S/C12H17N3O2/c1-17-11-4-7-14-8-10(11)15-12(16)9-2-5-13-6-3-9/h4,7-9,13H,2-3,5-6H2,1H3,(H,15,16). The Balaban J connectivity index is 2.01. The van der Waals surface area contributed by atoms with E-state index in [-0.39, 0.29) is 11.8 Å². The highest BCUT2D eigenvalue weighted by atomic mass is 16.5. The number of carbonyl (C=O) groups is 1. The molecule has 0 unspecified atom stereocenters. The SMILES string of the molecule is COc1ccncc1NC(=O)C1CCNCC1. The molecule has 1 amide bonds. The molecule has 0 aliphatic carbocycles. The van der Waals surface area contributed by atoms with Crippen LogP contribution >= 0.6 is 0 Å². The van der Waals surface area contributed by atoms with Crippen molar-refractivity contribution in [1.29, 1.82) is 0 Å². The number of nitrogens with one attached hydrogen (secondary N) is 2. The van der Waals surface area contributed by atoms with Gasteiger partial charge in [-0.2, -0.15) is 0 Å². The molecule has 0 aromatic carbocycles. The van der Waals surface area contributed by atoms with Gasteiger partial charge in [0.2, 0.25) is 5.91 Å². The first kappa shape index (κ1) is 11.9. The van der Waals surface area contributed by atoms with Crippen molar-refractivity contribution in [1.82, 2.24) is 10.3 Å². The van der Waals surface area contributed by atoms with Crippen LogP contribution in [-0.4, -0.2) is 31.1 Å². The number of ether oxygens (including phenoxy) is 1. The average Bonchev–Trinajstić information content (AvgIpc) is 2.40. The van der Waals surface area contributed by atoms with Crippen LogP contribution in [0, 0.1) is 5.92 Å². The van der Waals surface area contributed by atoms with Gasteiger partial charge in [0, 0.05) is 18.2 Å². The Morgan fingerprint density at radius 1 is 1.53 bits per heavy atom. The highest BCUT2D eigenvalue weighted by Crippen LogP contribution is 2.23. The molecule has 0 saturated carbocycles. The third kappa shape index (κ3) is 2.94. The summed E-state index contributed by atoms with van der Waals surface area (Å²) in [6, 6.07) is 1.73. The molecule has 1 aromatic rings. The second-order valence-electron chi connectivity index (χ2n) is 4.09. The van der Waals surface area contributed by atoms with Crippen molar-refractivity contribution in [2.45, 2.75) is 12.8 Å². The van der Waals surface area contributed by atoms with Crippen LogP contribution in [0.2, 0.25) is 0 Å². The highest BCUT2D eigenvalue weighted by molar-refractivity contribution is 5.93. The van der Waals surface area contributed by atoms with Crippen molar-refractivity contribution >= 4 is 11.6 Å². The molecule has 0 radical (unpaired) electrons. The van der Waals surface area contributed by atoms with Crippen LogP contribution in [0.1, 0.15) is 12.8 Å². The summed E-state index contributed by atoms with van der Waals surface area (Å²) in [6.07, 6.45) is 5.01. The summed E-state index contributed by atoms with van der Waals surface area (Å²) in [7, 11) is 1.58. The lowest BCUT2D eigenvalue weighted by atomic mass is 9.97. The molecule has 2 rings (SSSR count). The maximum atomic E-state index is 12.0. The van der Waals surface area contributed by atoms with E-state index in [1.54, 1.807) is 25.6 Å². The lowest BCUT2D eigenvalue weighted by molar-refractivity contribution is -0.120. The normalized spacial score (nSPS) is 16.5. The predicted molar refractivity (Wildman–Crippen MR) is 65.0 cm³/mol. The van der Waals surface area contributed by atoms with Crippen LogP contribution in [0.4, 0.5) is 5.69 Å². The van der Waals surface area contributed by atoms with Crippen LogP contribution in [0.5, 0.6) is 5.75 Å². The number of aromatic nitrogens is 1. The summed E-state index contributed by atoms with van der Waals surface area (Å²) in [6.45, 7) is 1.81. The molecule has 1 saturated heterocycles. The van der Waals surface area contributed by atoms with Gasteiger partial charge in [0.15, 0.2) is 0 Å². The molecular formula is C12H17N3O2. The molecule has 0 bridgehead atoms. The summed E-state index contributed by atoms with van der Waals surface area (Å²) in [4.78, 5) is 16.0. The lowest BCUT2D eigenvalue weighted by Crippen LogP contribution is -2.34. The van der Waals surface area contributed by atoms with Crippen molar-refractivity contribution in [3.63, 3.8) is 0 Å². The topological polar surface area (TPSA) is 63.2 Å². The Morgan fingerprint density at radius 3 is 3.00 bits per heavy atom. The van der Waals surface area contributed by atoms with E-state index in [1.165, 1.54) is 0 Å². The lowest BCUT2D eigenvalue weighted by Gasteiger charge is -2.22. The van der Waals surface area contributed by atoms with Crippen LogP contribution in [-0.2, 0) is 4.79 Å². The minimum atomic E-state index is 0.0535. The van der Waals surface area contributed by atoms with Crippen molar-refractivity contribution in [2.75, 3.05) is 25.5 Å². The Labute approximate surface area is 101 Å². The number of piperidine rings is 1. The molecule has 1 aliphatic heterocycles. The Morgan fingerprint density at radius 2 is 2.29 bits per heavy atom. The number of anilines is 1. The number of hydrogen-bond acceptors (Lipinski definition) is 4. The zero-order valence-electron chi connectivity index (χ0n) is 9.90. The van der Waals surface area contributed by atoms with Crippen molar-refractivity contribution in [3.05, 3.63) is 18.5 Å². The van der Waals surface area contributed by atoms with Crippen LogP contribution in [0.25, 0.3) is 0 Å². The number of pyridine rings is 1. The summed E-state index contributed by atoms with van der Waals surface area (Å²) in [5.41, 5.74) is 0.638. The van der Waals surface area contributed by atoms with E-state index in [4.69, 9.17) is 4.74 Å². The summed E-state index contributed by atoms with van der Waals surface area (Å²) < 4.78 is 5.17. The number of nitrogens with zero attached hydrogens (tertiary/aromatic N) is 1. The van der Waals surface area contributed by atoms with Crippen molar-refractivity contribution in [3.8, 4) is 5.75 Å². The first-order valence-corrected chi connectivity index (χ1v) is 5.81. The van der Waals surface area contributed by atoms with Gasteiger partial charge in [-0.05, 0) is 25.9 Å². The average molecular weight is 235 g/mol. The van der Waals surface area contributed by atoms with Gasteiger partial charge in [0.25, 0.3) is 0 Å². The van der Waals surface area contributed by atoms with Gasteiger partial charge in [-0.1, -0.05) is 0 Å². The third-order valence-electron chi connectivity index (χ3n) is 2.97. The van der Waals surface area contributed by atoms with Crippen molar-refractivity contribution < 1.29 is 9.53 Å². The van der Waals surface area contributed by atoms with Crippen LogP contribution < -0.4 is 15.4 Å². The fourth-order valence-electron chi connectivity index (χ4n) is 1.97. The van der Waals surface area contributed by atoms with Gasteiger partial charge in [-0.3, -0.25) is 9.78 Å². The van der Waals surface area contributed by atoms with Gasteiger partial charge >= 0.3 is 0 Å². The maximum absolute atomic E-state index is 12.0. The zero-order valence-corrected chi connectivity index (χ0v) is 9.90. The second kappa shape index (κ2) is 5.63. The molecule has 1 aliphatic rings. The third-order valence-corrected chi connectivity index (χ3v) is 2.97. The summed E-state index contributed by atoms with van der Waals surface area (Å²) in [5.74, 6) is 0.779. The van der Waals surface area contributed by atoms with E-state index in [9.17, 15) is 4.79 Å². The van der Waals surface area contributed by atoms with E-state index in [0.29, 0.717) is 11.4 Å². The van der Waals surface area contributed by atoms with Gasteiger partial charge in [-0.15, -0.1) is 0 Å². The van der Waals surface area contributed by atoms with Crippen LogP contribution in [0.3, 0.4) is 0 Å². The molecule has 2 N–H and O–H groups in total. The number of rotatable bonds is 3. The number of methoxy groups -OCH3 is 1. The quantitative estimate of drug-likeness (QED) is 0.821. The molecular weight excluding hydrogens is 218 g/mol. The second-order valence-corrected chi connectivity index (χ2v) is 4.09. The minimum Gasteiger partial charge on any atom is -0.494 e. The van der Waals surface area contributed by atoms with E-state index < -0.39 is 0 Å². The molecule has 5 heteroatoms. The molecule has 2 heterocycles. The van der Waals surface area contributed by atoms with Crippen LogP contribution in [0.15, 0.2) is 18.5 Å². The molecule has 5 nitrogen and oxygen atoms in total. The van der Waals surface area contributed by atoms with Gasteiger partial charge in [0.05, 0.1) is 13.3 Å². The molecule has 17 heavy (non-hydrogen) atoms. The van der Waals surface area contributed by atoms with E-state index in [1.807, 2.05) is 0 Å². The number of amides is 1. The molecule has 1 aromatic heterocycles. The van der Waals surface area contributed by atoms with E-state index in [0.717, 1.165) is 25.9 Å². The molecule has 0 spiro atoms. The molecule has 0 atom stereocenters. The minimum absolute atomic E-state index is 0.0535. The largest absolute Gasteiger partial charge is 0.494 e. The fraction of sp³-hybridized carbons (Fsp3) is 0.500. The first-order chi connectivity index (χ1) is 8.31. The van der Waals surface area contributed by atoms with E-state index >= 15 is 0 Å². The Hall–Kier alpha value is -1.62. The van der Waals surface area contributed by atoms with E-state index in [2.05, 4.69) is 15.6 Å². The van der Waals surface area contributed by atoms with Gasteiger partial charge in [-0.25, -0.2) is 0 Å². The maximum Gasteiger partial charge on any atom is 0.227 e. The fourth-order valence-corrected chi connectivity index (χ4v) is 1.97. The van der Waals surface area contributed by atoms with Gasteiger partial charge in [0.1, 0.15) is 11.4 Å². The predicted octanol–water partition coefficient (Wildman–Crippen LogP) is 1.03. The Kier molecular flexibility index (Phi) is 3.93. The number of hydrogen-bond donors (Lipinski definition) is 2. The smallest absolute Gasteiger partial charge is 0.227 e. The van der Waals surface area contributed by atoms with Gasteiger partial charge < -0.3 is 15.4 Å². The highest BCUT2D eigenvalue weighted by Gasteiger charge is 2.21. The first-order valence-electron chi connectivity index (χ1n) is 5.81. The zero-order chi connectivity index (χ0) is 12.1. The molecule has 92 valence electrons. The summed E-state index contributed by atoms with van der Waals surface area (Å²) >= 11 is 0. The number of carbonyl (C=O) groups excluding carboxylic acids is 1. The monoisotopic (exact) mass is 235 g/mol. The van der Waals surface area contributed by atoms with Crippen molar-refractivity contribution in [2.24, 2.45) is 5.92 Å². The molecule has 1 fully saturated rings. The summed E-state index contributed by atoms with van der Waals surface area (Å²) in [5, 5.41) is 6.12.